The molecule has 2 rings (SSSR count). The van der Waals surface area contributed by atoms with E-state index in [4.69, 9.17) is 0 Å². The van der Waals surface area contributed by atoms with Crippen LogP contribution in [0, 0.1) is 15.9 Å². The number of carboxylic acids is 1. The number of halogens is 2. The predicted molar refractivity (Wildman–Crippen MR) is 73.2 cm³/mol. The van der Waals surface area contributed by atoms with Gasteiger partial charge in [-0.05, 0) is 34.8 Å². The Hall–Kier alpha value is -1.70. The molecule has 1 aliphatic carbocycles. The van der Waals surface area contributed by atoms with Crippen LogP contribution in [-0.4, -0.2) is 21.5 Å². The zero-order valence-electron chi connectivity index (χ0n) is 10.4. The normalized spacial score (nSPS) is 16.9. The maximum Gasteiger partial charge on any atom is 0.329 e. The van der Waals surface area contributed by atoms with Gasteiger partial charge in [0.25, 0.3) is 5.69 Å². The van der Waals surface area contributed by atoms with Gasteiger partial charge in [-0.2, -0.15) is 0 Å². The molecule has 0 aliphatic heterocycles. The molecule has 6 nitrogen and oxygen atoms in total. The summed E-state index contributed by atoms with van der Waals surface area (Å²) < 4.78 is 13.4. The molecule has 108 valence electrons. The number of aliphatic carboxylic acids is 1. The lowest BCUT2D eigenvalue weighted by atomic mass is 9.97. The second-order valence-corrected chi connectivity index (χ2v) is 5.61. The minimum atomic E-state index is -1.22. The van der Waals surface area contributed by atoms with Crippen LogP contribution in [0.3, 0.4) is 0 Å². The Labute approximate surface area is 122 Å². The van der Waals surface area contributed by atoms with Crippen LogP contribution in [0.25, 0.3) is 0 Å². The molecule has 0 atom stereocenters. The first kappa shape index (κ1) is 14.7. The molecule has 1 saturated carbocycles. The largest absolute Gasteiger partial charge is 0.480 e. The smallest absolute Gasteiger partial charge is 0.329 e. The maximum absolute atomic E-state index is 13.4. The van der Waals surface area contributed by atoms with Crippen molar-refractivity contribution in [2.45, 2.75) is 31.2 Å². The first-order chi connectivity index (χ1) is 9.35. The van der Waals surface area contributed by atoms with Crippen molar-refractivity contribution in [3.8, 4) is 0 Å². The highest BCUT2D eigenvalue weighted by molar-refractivity contribution is 9.10. The standard InChI is InChI=1S/C12H12BrFN2O4/c13-7-5-9(10(16(19)20)6-8(7)14)15-12(11(17)18)3-1-2-4-12/h5-6,15H,1-4H2,(H,17,18). The Morgan fingerprint density at radius 3 is 2.55 bits per heavy atom. The lowest BCUT2D eigenvalue weighted by molar-refractivity contribution is -0.384. The topological polar surface area (TPSA) is 92.5 Å². The molecule has 0 heterocycles. The first-order valence-electron chi connectivity index (χ1n) is 6.01. The fourth-order valence-corrected chi connectivity index (χ4v) is 2.76. The highest BCUT2D eigenvalue weighted by Gasteiger charge is 2.42. The van der Waals surface area contributed by atoms with Gasteiger partial charge in [0.05, 0.1) is 15.5 Å². The molecule has 0 aromatic heterocycles. The Morgan fingerprint density at radius 2 is 2.05 bits per heavy atom. The van der Waals surface area contributed by atoms with Crippen molar-refractivity contribution in [1.82, 2.24) is 0 Å². The van der Waals surface area contributed by atoms with Gasteiger partial charge in [-0.1, -0.05) is 12.8 Å². The number of nitro benzene ring substituents is 1. The summed E-state index contributed by atoms with van der Waals surface area (Å²) in [4.78, 5) is 21.7. The molecule has 1 aromatic carbocycles. The van der Waals surface area contributed by atoms with E-state index in [0.717, 1.165) is 18.9 Å². The number of nitrogens with zero attached hydrogens (tertiary/aromatic N) is 1. The number of carbonyl (C=O) groups is 1. The number of benzene rings is 1. The van der Waals surface area contributed by atoms with Crippen molar-refractivity contribution in [2.75, 3.05) is 5.32 Å². The van der Waals surface area contributed by atoms with Crippen molar-refractivity contribution in [2.24, 2.45) is 0 Å². The van der Waals surface area contributed by atoms with Gasteiger partial charge in [0.2, 0.25) is 0 Å². The van der Waals surface area contributed by atoms with Gasteiger partial charge in [0, 0.05) is 0 Å². The van der Waals surface area contributed by atoms with Crippen LogP contribution < -0.4 is 5.32 Å². The van der Waals surface area contributed by atoms with Gasteiger partial charge in [-0.25, -0.2) is 9.18 Å². The number of anilines is 1. The zero-order chi connectivity index (χ0) is 14.9. The predicted octanol–water partition coefficient (Wildman–Crippen LogP) is 3.31. The van der Waals surface area contributed by atoms with E-state index in [9.17, 15) is 24.4 Å². The number of nitrogens with one attached hydrogen (secondary N) is 1. The van der Waals surface area contributed by atoms with E-state index < -0.39 is 27.9 Å². The molecule has 0 spiro atoms. The van der Waals surface area contributed by atoms with Crippen LogP contribution in [0.15, 0.2) is 16.6 Å². The number of hydrogen-bond donors (Lipinski definition) is 2. The van der Waals surface area contributed by atoms with Crippen molar-refractivity contribution in [1.29, 1.82) is 0 Å². The van der Waals surface area contributed by atoms with Crippen molar-refractivity contribution in [3.05, 3.63) is 32.5 Å². The van der Waals surface area contributed by atoms with E-state index >= 15 is 0 Å². The van der Waals surface area contributed by atoms with Crippen molar-refractivity contribution < 1.29 is 19.2 Å². The van der Waals surface area contributed by atoms with E-state index in [1.165, 1.54) is 6.07 Å². The third-order valence-electron chi connectivity index (χ3n) is 3.48. The molecular formula is C12H12BrFN2O4. The summed E-state index contributed by atoms with van der Waals surface area (Å²) in [5.41, 5.74) is -1.69. The van der Waals surface area contributed by atoms with Crippen molar-refractivity contribution in [3.63, 3.8) is 0 Å². The van der Waals surface area contributed by atoms with E-state index in [1.54, 1.807) is 0 Å². The Morgan fingerprint density at radius 1 is 1.45 bits per heavy atom. The summed E-state index contributed by atoms with van der Waals surface area (Å²) in [5.74, 6) is -1.82. The molecule has 1 aromatic rings. The summed E-state index contributed by atoms with van der Waals surface area (Å²) >= 11 is 2.95. The molecule has 2 N–H and O–H groups in total. The van der Waals surface area contributed by atoms with Crippen LogP contribution >= 0.6 is 15.9 Å². The Bertz CT molecular complexity index is 573. The van der Waals surface area contributed by atoms with E-state index in [0.29, 0.717) is 12.8 Å². The van der Waals surface area contributed by atoms with Gasteiger partial charge in [0.1, 0.15) is 17.0 Å². The van der Waals surface area contributed by atoms with Gasteiger partial charge in [-0.3, -0.25) is 10.1 Å². The van der Waals surface area contributed by atoms with Gasteiger partial charge in [0.15, 0.2) is 0 Å². The summed E-state index contributed by atoms with van der Waals surface area (Å²) in [6.45, 7) is 0. The summed E-state index contributed by atoms with van der Waals surface area (Å²) in [7, 11) is 0. The third kappa shape index (κ3) is 2.60. The molecule has 0 unspecified atom stereocenters. The lowest BCUT2D eigenvalue weighted by Gasteiger charge is -2.26. The summed E-state index contributed by atoms with van der Waals surface area (Å²) in [6.07, 6.45) is 2.23. The van der Waals surface area contributed by atoms with Gasteiger partial charge in [-0.15, -0.1) is 0 Å². The van der Waals surface area contributed by atoms with E-state index in [-0.39, 0.29) is 10.2 Å². The highest BCUT2D eigenvalue weighted by atomic mass is 79.9. The summed E-state index contributed by atoms with van der Waals surface area (Å²) in [5, 5.41) is 23.1. The molecule has 1 fully saturated rings. The maximum atomic E-state index is 13.4. The van der Waals surface area contributed by atoms with Crippen LogP contribution in [0.1, 0.15) is 25.7 Å². The second kappa shape index (κ2) is 5.35. The molecule has 0 radical (unpaired) electrons. The number of hydrogen-bond acceptors (Lipinski definition) is 4. The molecule has 20 heavy (non-hydrogen) atoms. The van der Waals surface area contributed by atoms with Crippen LogP contribution in [0.2, 0.25) is 0 Å². The fourth-order valence-electron chi connectivity index (χ4n) is 2.42. The van der Waals surface area contributed by atoms with E-state index in [2.05, 4.69) is 21.2 Å². The second-order valence-electron chi connectivity index (χ2n) is 4.76. The monoisotopic (exact) mass is 346 g/mol. The van der Waals surface area contributed by atoms with Gasteiger partial charge < -0.3 is 10.4 Å². The first-order valence-corrected chi connectivity index (χ1v) is 6.80. The average molecular weight is 347 g/mol. The van der Waals surface area contributed by atoms with Crippen LogP contribution in [-0.2, 0) is 4.79 Å². The number of rotatable bonds is 4. The van der Waals surface area contributed by atoms with E-state index in [1.807, 2.05) is 0 Å². The minimum absolute atomic E-state index is 0.00701. The molecular weight excluding hydrogens is 335 g/mol. The summed E-state index contributed by atoms with van der Waals surface area (Å²) in [6, 6.07) is 1.98. The average Bonchev–Trinajstić information content (AvgIpc) is 2.83. The zero-order valence-corrected chi connectivity index (χ0v) is 11.9. The van der Waals surface area contributed by atoms with Crippen molar-refractivity contribution >= 4 is 33.3 Å². The van der Waals surface area contributed by atoms with Crippen LogP contribution in [0.4, 0.5) is 15.8 Å². The van der Waals surface area contributed by atoms with Crippen LogP contribution in [0.5, 0.6) is 0 Å². The molecule has 8 heteroatoms. The lowest BCUT2D eigenvalue weighted by Crippen LogP contribution is -2.43. The van der Waals surface area contributed by atoms with Gasteiger partial charge >= 0.3 is 5.97 Å². The molecule has 0 bridgehead atoms. The molecule has 1 aliphatic rings. The number of nitro groups is 1. The Kier molecular flexibility index (Phi) is 3.94. The third-order valence-corrected chi connectivity index (χ3v) is 4.08. The fraction of sp³-hybridized carbons (Fsp3) is 0.417. The highest BCUT2D eigenvalue weighted by Crippen LogP contribution is 2.38. The quantitative estimate of drug-likeness (QED) is 0.644. The molecule has 0 amide bonds. The number of carboxylic acid groups (broad SMARTS) is 1. The minimum Gasteiger partial charge on any atom is -0.480 e. The molecule has 0 saturated heterocycles. The SMILES string of the molecule is O=C(O)C1(Nc2cc(Br)c(F)cc2[N+](=O)[O-])CCCC1. The Balaban J connectivity index is 2.44.